The van der Waals surface area contributed by atoms with Crippen LogP contribution in [0.1, 0.15) is 10.4 Å². The highest BCUT2D eigenvalue weighted by Gasteiger charge is 2.16. The molecule has 0 aliphatic rings. The van der Waals surface area contributed by atoms with Crippen LogP contribution in [0.5, 0.6) is 0 Å². The van der Waals surface area contributed by atoms with E-state index in [1.807, 2.05) is 0 Å². The molecule has 0 aliphatic heterocycles. The number of carboxylic acid groups (broad SMARTS) is 1. The molecule has 8 heteroatoms. The number of aromatic nitrogens is 2. The van der Waals surface area contributed by atoms with Crippen molar-refractivity contribution in [1.29, 1.82) is 0 Å². The van der Waals surface area contributed by atoms with Crippen LogP contribution in [0.15, 0.2) is 39.6 Å². The van der Waals surface area contributed by atoms with Gasteiger partial charge in [-0.2, -0.15) is 5.10 Å². The predicted molar refractivity (Wildman–Crippen MR) is 77.8 cm³/mol. The number of amides is 1. The lowest BCUT2D eigenvalue weighted by Gasteiger charge is -2.08. The summed E-state index contributed by atoms with van der Waals surface area (Å²) in [7, 11) is 0. The van der Waals surface area contributed by atoms with Crippen LogP contribution >= 0.6 is 15.9 Å². The van der Waals surface area contributed by atoms with Gasteiger partial charge in [0.15, 0.2) is 0 Å². The number of carbonyl (C=O) groups excluding carboxylic acids is 1. The molecular weight excluding hydrogens is 342 g/mol. The first-order valence-corrected chi connectivity index (χ1v) is 6.57. The van der Waals surface area contributed by atoms with Gasteiger partial charge in [-0.15, -0.1) is 0 Å². The number of carboxylic acids is 1. The largest absolute Gasteiger partial charge is 0.477 e. The molecular formula is C13H10BrN3O4. The number of rotatable bonds is 4. The molecule has 108 valence electrons. The van der Waals surface area contributed by atoms with Gasteiger partial charge in [-0.25, -0.2) is 9.48 Å². The monoisotopic (exact) mass is 351 g/mol. The van der Waals surface area contributed by atoms with Crippen molar-refractivity contribution >= 4 is 27.8 Å². The molecule has 1 heterocycles. The third-order valence-corrected chi connectivity index (χ3v) is 3.12. The molecule has 0 unspecified atom stereocenters. The number of primary amides is 1. The van der Waals surface area contributed by atoms with E-state index in [-0.39, 0.29) is 5.69 Å². The van der Waals surface area contributed by atoms with Crippen LogP contribution in [0, 0.1) is 0 Å². The van der Waals surface area contributed by atoms with Crippen molar-refractivity contribution in [3.8, 4) is 11.3 Å². The van der Waals surface area contributed by atoms with E-state index >= 15 is 0 Å². The maximum absolute atomic E-state index is 11.9. The van der Waals surface area contributed by atoms with E-state index < -0.39 is 29.5 Å². The number of benzene rings is 1. The molecule has 0 bridgehead atoms. The molecule has 0 atom stereocenters. The lowest BCUT2D eigenvalue weighted by atomic mass is 10.1. The Hall–Kier alpha value is -2.48. The molecule has 0 fully saturated rings. The van der Waals surface area contributed by atoms with E-state index in [9.17, 15) is 14.4 Å². The molecule has 0 saturated carbocycles. The fourth-order valence-electron chi connectivity index (χ4n) is 1.74. The lowest BCUT2D eigenvalue weighted by Crippen LogP contribution is -2.33. The number of hydrogen-bond donors (Lipinski definition) is 2. The van der Waals surface area contributed by atoms with Crippen molar-refractivity contribution in [3.05, 3.63) is 50.7 Å². The van der Waals surface area contributed by atoms with Crippen molar-refractivity contribution in [2.24, 2.45) is 5.73 Å². The second-order valence-corrected chi connectivity index (χ2v) is 5.10. The average Bonchev–Trinajstić information content (AvgIpc) is 2.40. The van der Waals surface area contributed by atoms with Crippen LogP contribution in [0.4, 0.5) is 0 Å². The Morgan fingerprint density at radius 3 is 2.62 bits per heavy atom. The minimum atomic E-state index is -1.39. The summed E-state index contributed by atoms with van der Waals surface area (Å²) in [5.41, 5.74) is 4.55. The molecule has 1 aromatic heterocycles. The number of aromatic carboxylic acids is 1. The number of carbonyl (C=O) groups is 2. The van der Waals surface area contributed by atoms with Crippen LogP contribution in [-0.4, -0.2) is 26.8 Å². The van der Waals surface area contributed by atoms with Gasteiger partial charge in [0.1, 0.15) is 12.1 Å². The third-order valence-electron chi connectivity index (χ3n) is 2.63. The lowest BCUT2D eigenvalue weighted by molar-refractivity contribution is -0.118. The second kappa shape index (κ2) is 5.88. The highest BCUT2D eigenvalue weighted by atomic mass is 79.9. The summed E-state index contributed by atoms with van der Waals surface area (Å²) < 4.78 is 1.52. The molecule has 1 amide bonds. The predicted octanol–water partition coefficient (Wildman–Crippen LogP) is 0.856. The number of nitrogens with two attached hydrogens (primary N) is 1. The quantitative estimate of drug-likeness (QED) is 0.847. The van der Waals surface area contributed by atoms with Crippen LogP contribution in [0.3, 0.4) is 0 Å². The van der Waals surface area contributed by atoms with Crippen molar-refractivity contribution in [2.45, 2.75) is 6.54 Å². The molecule has 0 aliphatic carbocycles. The van der Waals surface area contributed by atoms with Gasteiger partial charge >= 0.3 is 5.97 Å². The van der Waals surface area contributed by atoms with Gasteiger partial charge in [0.25, 0.3) is 5.56 Å². The summed E-state index contributed by atoms with van der Waals surface area (Å²) in [6.07, 6.45) is 0. The zero-order valence-electron chi connectivity index (χ0n) is 10.6. The highest BCUT2D eigenvalue weighted by Crippen LogP contribution is 2.21. The Bertz CT molecular complexity index is 785. The topological polar surface area (TPSA) is 115 Å². The van der Waals surface area contributed by atoms with Gasteiger partial charge in [0.2, 0.25) is 5.91 Å². The first kappa shape index (κ1) is 14.9. The molecule has 0 spiro atoms. The van der Waals surface area contributed by atoms with E-state index in [2.05, 4.69) is 21.0 Å². The third kappa shape index (κ3) is 3.34. The van der Waals surface area contributed by atoms with Gasteiger partial charge in [-0.1, -0.05) is 28.1 Å². The molecule has 2 rings (SSSR count). The van der Waals surface area contributed by atoms with E-state index in [0.29, 0.717) is 5.56 Å². The van der Waals surface area contributed by atoms with E-state index in [1.54, 1.807) is 24.3 Å². The van der Waals surface area contributed by atoms with E-state index in [4.69, 9.17) is 10.8 Å². The molecule has 2 aromatic rings. The van der Waals surface area contributed by atoms with Gasteiger partial charge in [-0.05, 0) is 18.2 Å². The Kier molecular flexibility index (Phi) is 4.18. The first-order valence-electron chi connectivity index (χ1n) is 5.78. The first-order chi connectivity index (χ1) is 9.88. The Morgan fingerprint density at radius 1 is 1.33 bits per heavy atom. The number of nitrogens with zero attached hydrogens (tertiary/aromatic N) is 2. The van der Waals surface area contributed by atoms with E-state index in [0.717, 1.165) is 9.15 Å². The van der Waals surface area contributed by atoms with Crippen molar-refractivity contribution < 1.29 is 14.7 Å². The Morgan fingerprint density at radius 2 is 2.05 bits per heavy atom. The minimum Gasteiger partial charge on any atom is -0.477 e. The van der Waals surface area contributed by atoms with Gasteiger partial charge in [-0.3, -0.25) is 9.59 Å². The van der Waals surface area contributed by atoms with Crippen LogP contribution < -0.4 is 11.3 Å². The number of hydrogen-bond acceptors (Lipinski definition) is 4. The molecule has 3 N–H and O–H groups in total. The summed E-state index contributed by atoms with van der Waals surface area (Å²) in [6, 6.07) is 8.13. The summed E-state index contributed by atoms with van der Waals surface area (Å²) >= 11 is 3.29. The van der Waals surface area contributed by atoms with Crippen molar-refractivity contribution in [3.63, 3.8) is 0 Å². The van der Waals surface area contributed by atoms with Crippen molar-refractivity contribution in [2.75, 3.05) is 0 Å². The Labute approximate surface area is 127 Å². The fraction of sp³-hybridized carbons (Fsp3) is 0.0769. The maximum atomic E-state index is 11.9. The molecule has 1 aromatic carbocycles. The molecule has 21 heavy (non-hydrogen) atoms. The van der Waals surface area contributed by atoms with Crippen LogP contribution in [0.25, 0.3) is 11.3 Å². The van der Waals surface area contributed by atoms with Crippen LogP contribution in [-0.2, 0) is 11.3 Å². The SMILES string of the molecule is NC(=O)Cn1nc(-c2cccc(Br)c2)cc(C(=O)O)c1=O. The zero-order valence-corrected chi connectivity index (χ0v) is 12.2. The molecule has 0 saturated heterocycles. The van der Waals surface area contributed by atoms with Crippen LogP contribution in [0.2, 0.25) is 0 Å². The average molecular weight is 352 g/mol. The Balaban J connectivity index is 2.67. The standard InChI is InChI=1S/C13H10BrN3O4/c14-8-3-1-2-7(4-8)10-5-9(13(20)21)12(19)17(16-10)6-11(15)18/h1-5H,6H2,(H2,15,18)(H,20,21). The highest BCUT2D eigenvalue weighted by molar-refractivity contribution is 9.10. The summed E-state index contributed by atoms with van der Waals surface area (Å²) in [5.74, 6) is -2.18. The number of halogens is 1. The maximum Gasteiger partial charge on any atom is 0.341 e. The minimum absolute atomic E-state index is 0.259. The van der Waals surface area contributed by atoms with Gasteiger partial charge < -0.3 is 10.8 Å². The van der Waals surface area contributed by atoms with Crippen molar-refractivity contribution in [1.82, 2.24) is 9.78 Å². The fourth-order valence-corrected chi connectivity index (χ4v) is 2.14. The zero-order chi connectivity index (χ0) is 15.6. The summed E-state index contributed by atoms with van der Waals surface area (Å²) in [4.78, 5) is 34.0. The normalized spacial score (nSPS) is 10.3. The molecule has 0 radical (unpaired) electrons. The smallest absolute Gasteiger partial charge is 0.341 e. The van der Waals surface area contributed by atoms with E-state index in [1.165, 1.54) is 6.07 Å². The second-order valence-electron chi connectivity index (χ2n) is 4.19. The van der Waals surface area contributed by atoms with Gasteiger partial charge in [0, 0.05) is 10.0 Å². The van der Waals surface area contributed by atoms with Gasteiger partial charge in [0.05, 0.1) is 5.69 Å². The summed E-state index contributed by atoms with van der Waals surface area (Å²) in [6.45, 7) is -0.485. The molecule has 7 nitrogen and oxygen atoms in total. The summed E-state index contributed by atoms with van der Waals surface area (Å²) in [5, 5.41) is 13.1.